The molecule has 2 heterocycles. The molecular formula is C22H38O6. The van der Waals surface area contributed by atoms with Gasteiger partial charge in [-0.2, -0.15) is 0 Å². The number of hydrogen-bond acceptors (Lipinski definition) is 6. The fourth-order valence-electron chi connectivity index (χ4n) is 4.20. The normalized spacial score (nSPS) is 35.2. The molecule has 0 aromatic carbocycles. The molecule has 2 aliphatic rings. The summed E-state index contributed by atoms with van der Waals surface area (Å²) in [6.45, 7) is 11.2. The number of esters is 1. The molecule has 6 nitrogen and oxygen atoms in total. The van der Waals surface area contributed by atoms with Crippen LogP contribution in [0.3, 0.4) is 0 Å². The lowest BCUT2D eigenvalue weighted by Crippen LogP contribution is -2.46. The summed E-state index contributed by atoms with van der Waals surface area (Å²) in [4.78, 5) is 10.8. The lowest BCUT2D eigenvalue weighted by Gasteiger charge is -2.37. The molecule has 162 valence electrons. The molecule has 0 aromatic heterocycles. The Morgan fingerprint density at radius 1 is 1.25 bits per heavy atom. The van der Waals surface area contributed by atoms with Crippen LogP contribution < -0.4 is 0 Å². The van der Waals surface area contributed by atoms with E-state index in [0.717, 1.165) is 37.7 Å². The highest BCUT2D eigenvalue weighted by molar-refractivity contribution is 5.66. The van der Waals surface area contributed by atoms with Crippen molar-refractivity contribution in [2.75, 3.05) is 6.61 Å². The summed E-state index contributed by atoms with van der Waals surface area (Å²) in [5.74, 6) is -0.295. The summed E-state index contributed by atoms with van der Waals surface area (Å²) in [5, 5.41) is 21.0. The largest absolute Gasteiger partial charge is 0.462 e. The first-order valence-electron chi connectivity index (χ1n) is 10.4. The summed E-state index contributed by atoms with van der Waals surface area (Å²) in [6, 6.07) is 0. The minimum atomic E-state index is -0.866. The summed E-state index contributed by atoms with van der Waals surface area (Å²) in [7, 11) is 0. The highest BCUT2D eigenvalue weighted by Crippen LogP contribution is 2.46. The zero-order valence-electron chi connectivity index (χ0n) is 18.3. The molecule has 2 N–H and O–H groups in total. The quantitative estimate of drug-likeness (QED) is 0.482. The monoisotopic (exact) mass is 398 g/mol. The predicted molar refractivity (Wildman–Crippen MR) is 107 cm³/mol. The van der Waals surface area contributed by atoms with Crippen molar-refractivity contribution in [2.45, 2.75) is 115 Å². The Kier molecular flexibility index (Phi) is 7.35. The number of carbonyl (C=O) groups is 1. The van der Waals surface area contributed by atoms with Gasteiger partial charge in [-0.15, -0.1) is 0 Å². The molecule has 0 unspecified atom stereocenters. The maximum atomic E-state index is 10.8. The van der Waals surface area contributed by atoms with E-state index in [2.05, 4.69) is 6.92 Å². The van der Waals surface area contributed by atoms with Gasteiger partial charge in [0.2, 0.25) is 0 Å². The first-order chi connectivity index (χ1) is 12.9. The first-order valence-corrected chi connectivity index (χ1v) is 10.4. The van der Waals surface area contributed by atoms with E-state index >= 15 is 0 Å². The van der Waals surface area contributed by atoms with Gasteiger partial charge in [0.05, 0.1) is 35.1 Å². The predicted octanol–water partition coefficient (Wildman–Crippen LogP) is 3.28. The van der Waals surface area contributed by atoms with Gasteiger partial charge in [-0.05, 0) is 79.2 Å². The van der Waals surface area contributed by atoms with E-state index in [0.29, 0.717) is 6.42 Å². The molecule has 2 fully saturated rings. The van der Waals surface area contributed by atoms with Crippen LogP contribution in [0, 0.1) is 0 Å². The number of allylic oxidation sites excluding steroid dienone is 1. The SMILES string of the molecule is CC(=O)OC/C=C(\C)CC[C@@H](O)[C@@]1(C)CC[C@@H]([C@]2(C)CC[C@H](C(C)(C)O)O2)O1. The van der Waals surface area contributed by atoms with Gasteiger partial charge in [-0.25, -0.2) is 0 Å². The lowest BCUT2D eigenvalue weighted by atomic mass is 9.89. The second-order valence-corrected chi connectivity index (χ2v) is 9.48. The van der Waals surface area contributed by atoms with Gasteiger partial charge in [0, 0.05) is 6.92 Å². The molecule has 0 spiro atoms. The third kappa shape index (κ3) is 5.78. The van der Waals surface area contributed by atoms with Crippen molar-refractivity contribution in [3.63, 3.8) is 0 Å². The smallest absolute Gasteiger partial charge is 0.302 e. The Hall–Kier alpha value is -0.950. The first kappa shape index (κ1) is 23.3. The van der Waals surface area contributed by atoms with Crippen molar-refractivity contribution in [2.24, 2.45) is 0 Å². The van der Waals surface area contributed by atoms with E-state index < -0.39 is 22.9 Å². The minimum absolute atomic E-state index is 0.0832. The second kappa shape index (κ2) is 8.82. The van der Waals surface area contributed by atoms with Gasteiger partial charge in [0.1, 0.15) is 6.61 Å². The standard InChI is InChI=1S/C22H38O6/c1-15(11-14-26-16(2)23)7-8-17(24)21(5)12-10-19(28-21)22(6)13-9-18(27-22)20(3,4)25/h11,17-19,24-25H,7-10,12-14H2,1-6H3/b15-11+/t17-,18-,19+,21-,22+/m1/s1. The fraction of sp³-hybridized carbons (Fsp3) is 0.864. The third-order valence-electron chi connectivity index (χ3n) is 6.33. The van der Waals surface area contributed by atoms with Crippen molar-refractivity contribution in [1.82, 2.24) is 0 Å². The minimum Gasteiger partial charge on any atom is -0.462 e. The van der Waals surface area contributed by atoms with Crippen molar-refractivity contribution in [3.8, 4) is 0 Å². The Balaban J connectivity index is 1.87. The highest BCUT2D eigenvalue weighted by Gasteiger charge is 2.53. The van der Waals surface area contributed by atoms with Gasteiger partial charge in [0.25, 0.3) is 0 Å². The van der Waals surface area contributed by atoms with Crippen LogP contribution in [-0.4, -0.2) is 57.9 Å². The molecule has 0 saturated carbocycles. The van der Waals surface area contributed by atoms with E-state index in [1.165, 1.54) is 6.92 Å². The number of hydrogen-bond donors (Lipinski definition) is 2. The average molecular weight is 399 g/mol. The average Bonchev–Trinajstić information content (AvgIpc) is 3.17. The van der Waals surface area contributed by atoms with Crippen LogP contribution in [0.15, 0.2) is 11.6 Å². The zero-order chi connectivity index (χ0) is 21.2. The zero-order valence-corrected chi connectivity index (χ0v) is 18.3. The maximum Gasteiger partial charge on any atom is 0.302 e. The van der Waals surface area contributed by atoms with E-state index in [1.54, 1.807) is 13.8 Å². The highest BCUT2D eigenvalue weighted by atomic mass is 16.6. The van der Waals surface area contributed by atoms with E-state index in [9.17, 15) is 15.0 Å². The van der Waals surface area contributed by atoms with Crippen LogP contribution >= 0.6 is 0 Å². The summed E-state index contributed by atoms with van der Waals surface area (Å²) in [5.41, 5.74) is -0.811. The van der Waals surface area contributed by atoms with Crippen molar-refractivity contribution < 1.29 is 29.2 Å². The van der Waals surface area contributed by atoms with E-state index in [4.69, 9.17) is 14.2 Å². The molecular weight excluding hydrogens is 360 g/mol. The lowest BCUT2D eigenvalue weighted by molar-refractivity contribution is -0.190. The molecule has 5 atom stereocenters. The van der Waals surface area contributed by atoms with Crippen LogP contribution in [0.25, 0.3) is 0 Å². The van der Waals surface area contributed by atoms with Crippen molar-refractivity contribution >= 4 is 5.97 Å². The Morgan fingerprint density at radius 3 is 2.50 bits per heavy atom. The molecule has 6 heteroatoms. The number of ether oxygens (including phenoxy) is 3. The number of aliphatic hydroxyl groups excluding tert-OH is 1. The van der Waals surface area contributed by atoms with Crippen molar-refractivity contribution in [1.29, 1.82) is 0 Å². The Morgan fingerprint density at radius 2 is 1.93 bits per heavy atom. The van der Waals surface area contributed by atoms with Gasteiger partial charge in [-0.3, -0.25) is 4.79 Å². The van der Waals surface area contributed by atoms with Crippen molar-refractivity contribution in [3.05, 3.63) is 11.6 Å². The number of aliphatic hydroxyl groups is 2. The summed E-state index contributed by atoms with van der Waals surface area (Å²) >= 11 is 0. The van der Waals surface area contributed by atoms with Gasteiger partial charge in [0.15, 0.2) is 0 Å². The molecule has 28 heavy (non-hydrogen) atoms. The van der Waals surface area contributed by atoms with E-state index in [-0.39, 0.29) is 24.8 Å². The maximum absolute atomic E-state index is 10.8. The number of carbonyl (C=O) groups excluding carboxylic acids is 1. The molecule has 2 aliphatic heterocycles. The van der Waals surface area contributed by atoms with Gasteiger partial charge < -0.3 is 24.4 Å². The fourth-order valence-corrected chi connectivity index (χ4v) is 4.20. The molecule has 2 rings (SSSR count). The molecule has 0 amide bonds. The molecule has 0 aliphatic carbocycles. The topological polar surface area (TPSA) is 85.2 Å². The second-order valence-electron chi connectivity index (χ2n) is 9.48. The van der Waals surface area contributed by atoms with Crippen LogP contribution in [0.5, 0.6) is 0 Å². The van der Waals surface area contributed by atoms with Crippen LogP contribution in [-0.2, 0) is 19.0 Å². The Bertz CT molecular complexity index is 580. The van der Waals surface area contributed by atoms with Gasteiger partial charge >= 0.3 is 5.97 Å². The van der Waals surface area contributed by atoms with Crippen LogP contribution in [0.4, 0.5) is 0 Å². The van der Waals surface area contributed by atoms with Gasteiger partial charge in [-0.1, -0.05) is 5.57 Å². The molecule has 2 saturated heterocycles. The Labute approximate surface area is 169 Å². The van der Waals surface area contributed by atoms with Crippen LogP contribution in [0.2, 0.25) is 0 Å². The molecule has 0 bridgehead atoms. The molecule has 0 aromatic rings. The van der Waals surface area contributed by atoms with Crippen LogP contribution in [0.1, 0.15) is 80.1 Å². The van der Waals surface area contributed by atoms with E-state index in [1.807, 2.05) is 19.9 Å². The third-order valence-corrected chi connectivity index (χ3v) is 6.33. The summed E-state index contributed by atoms with van der Waals surface area (Å²) < 4.78 is 17.5. The summed E-state index contributed by atoms with van der Waals surface area (Å²) in [6.07, 6.45) is 5.61. The molecule has 0 radical (unpaired) electrons. The number of rotatable bonds is 8.